The van der Waals surface area contributed by atoms with Crippen LogP contribution >= 0.6 is 0 Å². The van der Waals surface area contributed by atoms with Crippen molar-refractivity contribution >= 4 is 5.91 Å². The number of aryl methyl sites for hydroxylation is 1. The molecule has 1 aromatic heterocycles. The minimum absolute atomic E-state index is 0.183. The van der Waals surface area contributed by atoms with Crippen molar-refractivity contribution in [3.8, 4) is 6.07 Å². The molecule has 2 rings (SSSR count). The average molecular weight is 269 g/mol. The molecule has 0 bridgehead atoms. The van der Waals surface area contributed by atoms with Crippen LogP contribution in [0.1, 0.15) is 27.2 Å². The number of pyridine rings is 1. The van der Waals surface area contributed by atoms with Gasteiger partial charge in [0.15, 0.2) is 0 Å². The Kier molecular flexibility index (Phi) is 4.06. The second-order valence-electron chi connectivity index (χ2n) is 4.31. The summed E-state index contributed by atoms with van der Waals surface area (Å²) in [6, 6.07) is 9.55. The lowest BCUT2D eigenvalue weighted by atomic mass is 10.1. The normalized spacial score (nSPS) is 9.85. The zero-order valence-electron chi connectivity index (χ0n) is 10.9. The van der Waals surface area contributed by atoms with Gasteiger partial charge in [-0.05, 0) is 36.2 Å². The molecule has 0 atom stereocenters. The number of nitrogens with zero attached hydrogens (tertiary/aromatic N) is 2. The van der Waals surface area contributed by atoms with Crippen LogP contribution in [0.5, 0.6) is 0 Å². The molecule has 0 radical (unpaired) electrons. The molecule has 0 spiro atoms. The molecule has 1 amide bonds. The molecule has 0 aliphatic carbocycles. The molecule has 4 nitrogen and oxygen atoms in total. The molecule has 2 aromatic rings. The van der Waals surface area contributed by atoms with E-state index in [1.165, 1.54) is 24.4 Å². The summed E-state index contributed by atoms with van der Waals surface area (Å²) in [5.74, 6) is -0.646. The average Bonchev–Trinajstić information content (AvgIpc) is 2.48. The Hall–Kier alpha value is -2.74. The molecule has 1 N–H and O–H groups in total. The second kappa shape index (κ2) is 5.93. The predicted octanol–water partition coefficient (Wildman–Crippen LogP) is 2.33. The first kappa shape index (κ1) is 13.7. The number of nitrogens with one attached hydrogen (secondary N) is 1. The minimum Gasteiger partial charge on any atom is -0.347 e. The summed E-state index contributed by atoms with van der Waals surface area (Å²) in [6.45, 7) is 1.94. The van der Waals surface area contributed by atoms with E-state index in [4.69, 9.17) is 5.26 Å². The van der Waals surface area contributed by atoms with Crippen molar-refractivity contribution in [3.63, 3.8) is 0 Å². The number of hydrogen-bond acceptors (Lipinski definition) is 3. The van der Waals surface area contributed by atoms with Gasteiger partial charge in [-0.25, -0.2) is 4.39 Å². The lowest BCUT2D eigenvalue weighted by Crippen LogP contribution is -2.23. The number of aromatic nitrogens is 1. The number of carbonyl (C=O) groups is 1. The van der Waals surface area contributed by atoms with Gasteiger partial charge in [0, 0.05) is 12.7 Å². The fraction of sp³-hybridized carbons (Fsp3) is 0.133. The summed E-state index contributed by atoms with van der Waals surface area (Å²) in [5, 5.41) is 11.4. The van der Waals surface area contributed by atoms with Crippen LogP contribution in [0.15, 0.2) is 36.5 Å². The van der Waals surface area contributed by atoms with E-state index in [-0.39, 0.29) is 24.0 Å². The van der Waals surface area contributed by atoms with Crippen LogP contribution in [-0.4, -0.2) is 10.9 Å². The molecule has 0 unspecified atom stereocenters. The molecule has 0 saturated carbocycles. The Labute approximate surface area is 115 Å². The second-order valence-corrected chi connectivity index (χ2v) is 4.31. The highest BCUT2D eigenvalue weighted by molar-refractivity contribution is 5.92. The standard InChI is InChI=1S/C15H12FN3O/c1-10-6-12(2-3-13(10)16)9-19-15(20)14-7-11(8-17)4-5-18-14/h2-7H,9H2,1H3,(H,19,20). The van der Waals surface area contributed by atoms with Gasteiger partial charge in [-0.2, -0.15) is 5.26 Å². The molecule has 20 heavy (non-hydrogen) atoms. The Bertz CT molecular complexity index is 692. The molecule has 0 aliphatic heterocycles. The van der Waals surface area contributed by atoms with Gasteiger partial charge >= 0.3 is 0 Å². The third-order valence-electron chi connectivity index (χ3n) is 2.80. The SMILES string of the molecule is Cc1cc(CNC(=O)c2cc(C#N)ccn2)ccc1F. The third-order valence-corrected chi connectivity index (χ3v) is 2.80. The van der Waals surface area contributed by atoms with E-state index in [0.717, 1.165) is 5.56 Å². The van der Waals surface area contributed by atoms with Gasteiger partial charge in [0.1, 0.15) is 11.5 Å². The van der Waals surface area contributed by atoms with Crippen LogP contribution in [-0.2, 0) is 6.54 Å². The number of benzene rings is 1. The summed E-state index contributed by atoms with van der Waals surface area (Å²) in [7, 11) is 0. The van der Waals surface area contributed by atoms with Crippen LogP contribution in [0.25, 0.3) is 0 Å². The van der Waals surface area contributed by atoms with E-state index in [9.17, 15) is 9.18 Å². The van der Waals surface area contributed by atoms with Crippen LogP contribution in [0, 0.1) is 24.1 Å². The van der Waals surface area contributed by atoms with Gasteiger partial charge in [0.2, 0.25) is 0 Å². The quantitative estimate of drug-likeness (QED) is 0.930. The summed E-state index contributed by atoms with van der Waals surface area (Å²) >= 11 is 0. The van der Waals surface area contributed by atoms with E-state index < -0.39 is 0 Å². The zero-order chi connectivity index (χ0) is 14.5. The maximum Gasteiger partial charge on any atom is 0.270 e. The monoisotopic (exact) mass is 269 g/mol. The van der Waals surface area contributed by atoms with Crippen molar-refractivity contribution in [3.05, 3.63) is 64.7 Å². The van der Waals surface area contributed by atoms with Gasteiger partial charge in [-0.1, -0.05) is 12.1 Å². The summed E-state index contributed by atoms with van der Waals surface area (Å²) in [6.07, 6.45) is 1.41. The number of rotatable bonds is 3. The van der Waals surface area contributed by atoms with E-state index in [0.29, 0.717) is 11.1 Å². The zero-order valence-corrected chi connectivity index (χ0v) is 10.9. The maximum atomic E-state index is 13.1. The molecule has 0 aliphatic rings. The first-order valence-electron chi connectivity index (χ1n) is 5.99. The van der Waals surface area contributed by atoms with Crippen LogP contribution in [0.2, 0.25) is 0 Å². The smallest absolute Gasteiger partial charge is 0.270 e. The third kappa shape index (κ3) is 3.18. The van der Waals surface area contributed by atoms with Crippen LogP contribution in [0.3, 0.4) is 0 Å². The number of carbonyl (C=O) groups excluding carboxylic acids is 1. The largest absolute Gasteiger partial charge is 0.347 e. The van der Waals surface area contributed by atoms with Crippen LogP contribution in [0.4, 0.5) is 4.39 Å². The summed E-state index contributed by atoms with van der Waals surface area (Å²) in [4.78, 5) is 15.8. The molecule has 1 heterocycles. The Balaban J connectivity index is 2.04. The molecule has 1 aromatic carbocycles. The number of halogens is 1. The van der Waals surface area contributed by atoms with Crippen molar-refractivity contribution in [2.45, 2.75) is 13.5 Å². The Morgan fingerprint density at radius 2 is 2.20 bits per heavy atom. The first-order valence-corrected chi connectivity index (χ1v) is 5.99. The highest BCUT2D eigenvalue weighted by Crippen LogP contribution is 2.09. The number of hydrogen-bond donors (Lipinski definition) is 1. The van der Waals surface area contributed by atoms with Crippen molar-refractivity contribution < 1.29 is 9.18 Å². The van der Waals surface area contributed by atoms with Crippen molar-refractivity contribution in [1.82, 2.24) is 10.3 Å². The Morgan fingerprint density at radius 1 is 1.40 bits per heavy atom. The van der Waals surface area contributed by atoms with Gasteiger partial charge in [0.05, 0.1) is 11.6 Å². The van der Waals surface area contributed by atoms with Crippen molar-refractivity contribution in [2.24, 2.45) is 0 Å². The molecule has 0 fully saturated rings. The molecular weight excluding hydrogens is 257 g/mol. The van der Waals surface area contributed by atoms with Crippen LogP contribution < -0.4 is 5.32 Å². The maximum absolute atomic E-state index is 13.1. The fourth-order valence-corrected chi connectivity index (χ4v) is 1.71. The summed E-state index contributed by atoms with van der Waals surface area (Å²) < 4.78 is 13.1. The topological polar surface area (TPSA) is 65.8 Å². The number of amides is 1. The number of nitriles is 1. The lowest BCUT2D eigenvalue weighted by Gasteiger charge is -2.06. The molecular formula is C15H12FN3O. The van der Waals surface area contributed by atoms with E-state index in [1.807, 2.05) is 6.07 Å². The van der Waals surface area contributed by atoms with Crippen molar-refractivity contribution in [1.29, 1.82) is 5.26 Å². The van der Waals surface area contributed by atoms with E-state index in [1.54, 1.807) is 19.1 Å². The molecule has 100 valence electrons. The highest BCUT2D eigenvalue weighted by Gasteiger charge is 2.08. The van der Waals surface area contributed by atoms with Gasteiger partial charge in [-0.15, -0.1) is 0 Å². The predicted molar refractivity (Wildman–Crippen MR) is 71.3 cm³/mol. The van der Waals surface area contributed by atoms with Gasteiger partial charge in [0.25, 0.3) is 5.91 Å². The van der Waals surface area contributed by atoms with Crippen molar-refractivity contribution in [2.75, 3.05) is 0 Å². The highest BCUT2D eigenvalue weighted by atomic mass is 19.1. The molecule has 5 heteroatoms. The molecule has 0 saturated heterocycles. The Morgan fingerprint density at radius 3 is 2.90 bits per heavy atom. The lowest BCUT2D eigenvalue weighted by molar-refractivity contribution is 0.0946. The summed E-state index contributed by atoms with van der Waals surface area (Å²) in [5.41, 5.74) is 1.89. The van der Waals surface area contributed by atoms with E-state index >= 15 is 0 Å². The van der Waals surface area contributed by atoms with Gasteiger partial charge in [-0.3, -0.25) is 9.78 Å². The fourth-order valence-electron chi connectivity index (χ4n) is 1.71. The minimum atomic E-state index is -0.371. The van der Waals surface area contributed by atoms with E-state index in [2.05, 4.69) is 10.3 Å². The first-order chi connectivity index (χ1) is 9.60. The van der Waals surface area contributed by atoms with Gasteiger partial charge < -0.3 is 5.32 Å².